The Hall–Kier alpha value is -2.66. The van der Waals surface area contributed by atoms with Gasteiger partial charge in [-0.1, -0.05) is 30.3 Å². The highest BCUT2D eigenvalue weighted by molar-refractivity contribution is 7.18. The first-order valence-electron chi connectivity index (χ1n) is 8.99. The molecule has 1 amide bonds. The third kappa shape index (κ3) is 2.59. The van der Waals surface area contributed by atoms with Gasteiger partial charge in [0.15, 0.2) is 0 Å². The van der Waals surface area contributed by atoms with E-state index in [1.807, 2.05) is 47.5 Å². The molecule has 5 rings (SSSR count). The van der Waals surface area contributed by atoms with E-state index in [0.717, 1.165) is 46.4 Å². The second-order valence-electron chi connectivity index (χ2n) is 6.80. The molecule has 1 saturated heterocycles. The maximum Gasteiger partial charge on any atom is 0.227 e. The highest BCUT2D eigenvalue weighted by Crippen LogP contribution is 2.37. The van der Waals surface area contributed by atoms with Gasteiger partial charge in [-0.05, 0) is 36.6 Å². The van der Waals surface area contributed by atoms with Gasteiger partial charge >= 0.3 is 0 Å². The Kier molecular flexibility index (Phi) is 3.75. The van der Waals surface area contributed by atoms with Gasteiger partial charge in [0, 0.05) is 23.6 Å². The van der Waals surface area contributed by atoms with Gasteiger partial charge in [0.05, 0.1) is 22.7 Å². The monoisotopic (exact) mass is 361 g/mol. The zero-order chi connectivity index (χ0) is 17.5. The summed E-state index contributed by atoms with van der Waals surface area (Å²) in [6.07, 6.45) is 4.44. The van der Waals surface area contributed by atoms with E-state index >= 15 is 0 Å². The molecule has 3 heterocycles. The topological polar surface area (TPSA) is 49.0 Å². The molecule has 1 aliphatic rings. The first-order valence-corrected chi connectivity index (χ1v) is 9.81. The highest BCUT2D eigenvalue weighted by Gasteiger charge is 2.32. The number of nitrogens with one attached hydrogen (secondary N) is 1. The Labute approximate surface area is 155 Å². The molecule has 1 N–H and O–H groups in total. The zero-order valence-electron chi connectivity index (χ0n) is 14.3. The van der Waals surface area contributed by atoms with Crippen molar-refractivity contribution in [1.82, 2.24) is 14.9 Å². The number of hydrogen-bond acceptors (Lipinski definition) is 3. The summed E-state index contributed by atoms with van der Waals surface area (Å²) in [5, 5.41) is 2.20. The van der Waals surface area contributed by atoms with Gasteiger partial charge in [-0.3, -0.25) is 4.79 Å². The van der Waals surface area contributed by atoms with Crippen LogP contribution < -0.4 is 0 Å². The predicted octanol–water partition coefficient (Wildman–Crippen LogP) is 4.68. The lowest BCUT2D eigenvalue weighted by molar-refractivity contribution is -0.131. The number of carbonyl (C=O) groups is 1. The molecule has 2 aromatic carbocycles. The lowest BCUT2D eigenvalue weighted by Crippen LogP contribution is -2.31. The van der Waals surface area contributed by atoms with Gasteiger partial charge in [-0.2, -0.15) is 0 Å². The van der Waals surface area contributed by atoms with Crippen LogP contribution in [0.25, 0.3) is 21.1 Å². The summed E-state index contributed by atoms with van der Waals surface area (Å²) in [5.74, 6) is 0.191. The minimum atomic E-state index is 0.116. The molecule has 1 fully saturated rings. The van der Waals surface area contributed by atoms with Crippen LogP contribution >= 0.6 is 11.3 Å². The summed E-state index contributed by atoms with van der Waals surface area (Å²) < 4.78 is 1.19. The van der Waals surface area contributed by atoms with Crippen molar-refractivity contribution in [3.05, 3.63) is 65.3 Å². The summed E-state index contributed by atoms with van der Waals surface area (Å²) in [5.41, 5.74) is 3.18. The van der Waals surface area contributed by atoms with Gasteiger partial charge in [0.2, 0.25) is 5.91 Å². The van der Waals surface area contributed by atoms with Crippen LogP contribution in [-0.4, -0.2) is 27.3 Å². The number of thiazole rings is 1. The van der Waals surface area contributed by atoms with E-state index in [-0.39, 0.29) is 11.9 Å². The fourth-order valence-corrected chi connectivity index (χ4v) is 5.01. The van der Waals surface area contributed by atoms with E-state index in [2.05, 4.69) is 17.1 Å². The SMILES string of the molecule is O=C(Cc1c[nH]c2ccccc12)N1CCC[C@H]1c1nc2ccccc2s1. The molecule has 0 unspecified atom stereocenters. The number of hydrogen-bond donors (Lipinski definition) is 1. The molecule has 1 aliphatic heterocycles. The van der Waals surface area contributed by atoms with Gasteiger partial charge in [-0.25, -0.2) is 4.98 Å². The Morgan fingerprint density at radius 1 is 1.19 bits per heavy atom. The number of aromatic amines is 1. The van der Waals surface area contributed by atoms with E-state index in [1.165, 1.54) is 4.70 Å². The van der Waals surface area contributed by atoms with E-state index in [9.17, 15) is 4.79 Å². The van der Waals surface area contributed by atoms with Crippen molar-refractivity contribution in [2.75, 3.05) is 6.54 Å². The first-order chi connectivity index (χ1) is 12.8. The number of amides is 1. The molecule has 130 valence electrons. The number of nitrogens with zero attached hydrogens (tertiary/aromatic N) is 2. The smallest absolute Gasteiger partial charge is 0.227 e. The van der Waals surface area contributed by atoms with Gasteiger partial charge in [0.1, 0.15) is 5.01 Å². The molecule has 0 spiro atoms. The van der Waals surface area contributed by atoms with Crippen molar-refractivity contribution in [1.29, 1.82) is 0 Å². The Morgan fingerprint density at radius 2 is 2.04 bits per heavy atom. The molecular weight excluding hydrogens is 342 g/mol. The Bertz CT molecular complexity index is 1060. The lowest BCUT2D eigenvalue weighted by atomic mass is 10.1. The van der Waals surface area contributed by atoms with Crippen molar-refractivity contribution < 1.29 is 4.79 Å². The standard InChI is InChI=1S/C21H19N3OS/c25-20(12-14-13-22-16-7-2-1-6-15(14)16)24-11-5-9-18(24)21-23-17-8-3-4-10-19(17)26-21/h1-4,6-8,10,13,18,22H,5,9,11-12H2/t18-/m0/s1. The van der Waals surface area contributed by atoms with Crippen LogP contribution in [0.4, 0.5) is 0 Å². The molecule has 4 aromatic rings. The normalized spacial score (nSPS) is 17.4. The van der Waals surface area contributed by atoms with Crippen LogP contribution in [0.3, 0.4) is 0 Å². The van der Waals surface area contributed by atoms with Gasteiger partial charge < -0.3 is 9.88 Å². The third-order valence-electron chi connectivity index (χ3n) is 5.19. The summed E-state index contributed by atoms with van der Waals surface area (Å²) in [6.45, 7) is 0.821. The van der Waals surface area contributed by atoms with Gasteiger partial charge in [-0.15, -0.1) is 11.3 Å². The maximum atomic E-state index is 13.0. The zero-order valence-corrected chi connectivity index (χ0v) is 15.1. The average molecular weight is 361 g/mol. The van der Waals surface area contributed by atoms with Crippen molar-refractivity contribution in [2.45, 2.75) is 25.3 Å². The van der Waals surface area contributed by atoms with Crippen LogP contribution in [0.15, 0.2) is 54.7 Å². The lowest BCUT2D eigenvalue weighted by Gasteiger charge is -2.23. The highest BCUT2D eigenvalue weighted by atomic mass is 32.1. The first kappa shape index (κ1) is 15.6. The fraction of sp³-hybridized carbons (Fsp3) is 0.238. The second-order valence-corrected chi connectivity index (χ2v) is 7.86. The van der Waals surface area contributed by atoms with E-state index in [4.69, 9.17) is 4.98 Å². The molecule has 4 nitrogen and oxygen atoms in total. The van der Waals surface area contributed by atoms with E-state index < -0.39 is 0 Å². The number of rotatable bonds is 3. The number of carbonyl (C=O) groups excluding carboxylic acids is 1. The summed E-state index contributed by atoms with van der Waals surface area (Å²) in [6, 6.07) is 16.5. The van der Waals surface area contributed by atoms with E-state index in [0.29, 0.717) is 6.42 Å². The van der Waals surface area contributed by atoms with Crippen molar-refractivity contribution >= 4 is 38.4 Å². The Morgan fingerprint density at radius 3 is 2.96 bits per heavy atom. The van der Waals surface area contributed by atoms with Crippen molar-refractivity contribution in [2.24, 2.45) is 0 Å². The second kappa shape index (κ2) is 6.25. The fourth-order valence-electron chi connectivity index (χ4n) is 3.90. The molecule has 0 aliphatic carbocycles. The molecule has 5 heteroatoms. The number of aromatic nitrogens is 2. The summed E-state index contributed by atoms with van der Waals surface area (Å²) in [4.78, 5) is 23.1. The minimum Gasteiger partial charge on any atom is -0.361 e. The molecule has 2 aromatic heterocycles. The van der Waals surface area contributed by atoms with Gasteiger partial charge in [0.25, 0.3) is 0 Å². The van der Waals surface area contributed by atoms with Crippen LogP contribution in [0.1, 0.15) is 29.5 Å². The largest absolute Gasteiger partial charge is 0.361 e. The number of benzene rings is 2. The number of H-pyrrole nitrogens is 1. The molecule has 26 heavy (non-hydrogen) atoms. The number of likely N-dealkylation sites (tertiary alicyclic amines) is 1. The number of fused-ring (bicyclic) bond motifs is 2. The van der Waals surface area contributed by atoms with E-state index in [1.54, 1.807) is 11.3 Å². The van der Waals surface area contributed by atoms with Crippen LogP contribution in [0.2, 0.25) is 0 Å². The Balaban J connectivity index is 1.42. The maximum absolute atomic E-state index is 13.0. The molecule has 1 atom stereocenters. The summed E-state index contributed by atoms with van der Waals surface area (Å²) >= 11 is 1.72. The van der Waals surface area contributed by atoms with Crippen molar-refractivity contribution in [3.8, 4) is 0 Å². The van der Waals surface area contributed by atoms with Crippen LogP contribution in [0.5, 0.6) is 0 Å². The molecule has 0 saturated carbocycles. The quantitative estimate of drug-likeness (QED) is 0.576. The molecular formula is C21H19N3OS. The summed E-state index contributed by atoms with van der Waals surface area (Å²) in [7, 11) is 0. The average Bonchev–Trinajstić information content (AvgIpc) is 3.39. The van der Waals surface area contributed by atoms with Crippen LogP contribution in [0, 0.1) is 0 Å². The molecule has 0 radical (unpaired) electrons. The van der Waals surface area contributed by atoms with Crippen LogP contribution in [-0.2, 0) is 11.2 Å². The molecule has 0 bridgehead atoms. The third-order valence-corrected chi connectivity index (χ3v) is 6.32. The predicted molar refractivity (Wildman–Crippen MR) is 105 cm³/mol. The minimum absolute atomic E-state index is 0.116. The number of para-hydroxylation sites is 2. The van der Waals surface area contributed by atoms with Crippen molar-refractivity contribution in [3.63, 3.8) is 0 Å².